The molecule has 0 radical (unpaired) electrons. The first-order valence-corrected chi connectivity index (χ1v) is 8.83. The third-order valence-corrected chi connectivity index (χ3v) is 5.07. The molecule has 1 aliphatic heterocycles. The van der Waals surface area contributed by atoms with Crippen molar-refractivity contribution in [1.29, 1.82) is 0 Å². The molecule has 0 spiro atoms. The van der Waals surface area contributed by atoms with Gasteiger partial charge in [-0.2, -0.15) is 0 Å². The number of hydrogen-bond acceptors (Lipinski definition) is 4. The van der Waals surface area contributed by atoms with E-state index in [0.717, 1.165) is 17.7 Å². The third kappa shape index (κ3) is 3.65. The van der Waals surface area contributed by atoms with Gasteiger partial charge in [-0.1, -0.05) is 25.3 Å². The van der Waals surface area contributed by atoms with Gasteiger partial charge in [0.1, 0.15) is 6.54 Å². The number of amides is 4. The van der Waals surface area contributed by atoms with Gasteiger partial charge in [-0.25, -0.2) is 4.79 Å². The number of rotatable bonds is 5. The molecular formula is C18H24N4O3. The first kappa shape index (κ1) is 17.4. The van der Waals surface area contributed by atoms with Crippen LogP contribution in [0.3, 0.4) is 0 Å². The van der Waals surface area contributed by atoms with Crippen LogP contribution in [0.1, 0.15) is 44.7 Å². The summed E-state index contributed by atoms with van der Waals surface area (Å²) in [4.78, 5) is 42.2. The second-order valence-electron chi connectivity index (χ2n) is 6.97. The topological polar surface area (TPSA) is 91.4 Å². The lowest BCUT2D eigenvalue weighted by atomic mass is 9.89. The zero-order valence-electron chi connectivity index (χ0n) is 14.5. The molecule has 1 unspecified atom stereocenters. The Balaban J connectivity index is 1.60. The predicted octanol–water partition coefficient (Wildman–Crippen LogP) is 1.55. The zero-order chi connectivity index (χ0) is 17.9. The largest absolute Gasteiger partial charge is 0.354 e. The van der Waals surface area contributed by atoms with E-state index in [9.17, 15) is 14.4 Å². The number of hydrogen-bond donors (Lipinski definition) is 2. The highest BCUT2D eigenvalue weighted by atomic mass is 16.2. The molecule has 7 nitrogen and oxygen atoms in total. The van der Waals surface area contributed by atoms with Gasteiger partial charge in [0.05, 0.1) is 5.69 Å². The van der Waals surface area contributed by atoms with Crippen molar-refractivity contribution in [3.05, 3.63) is 30.1 Å². The summed E-state index contributed by atoms with van der Waals surface area (Å²) in [5.74, 6) is -0.261. The monoisotopic (exact) mass is 344 g/mol. The van der Waals surface area contributed by atoms with Crippen molar-refractivity contribution in [2.75, 3.05) is 13.1 Å². The fourth-order valence-corrected chi connectivity index (χ4v) is 3.52. The van der Waals surface area contributed by atoms with E-state index in [1.54, 1.807) is 31.3 Å². The molecule has 2 N–H and O–H groups in total. The van der Waals surface area contributed by atoms with Gasteiger partial charge < -0.3 is 10.6 Å². The maximum atomic E-state index is 12.7. The second kappa shape index (κ2) is 7.21. The van der Waals surface area contributed by atoms with Crippen molar-refractivity contribution < 1.29 is 14.4 Å². The summed E-state index contributed by atoms with van der Waals surface area (Å²) < 4.78 is 0. The molecule has 2 heterocycles. The Labute approximate surface area is 147 Å². The van der Waals surface area contributed by atoms with Crippen LogP contribution in [0.5, 0.6) is 0 Å². The van der Waals surface area contributed by atoms with Crippen LogP contribution in [0.15, 0.2) is 24.4 Å². The van der Waals surface area contributed by atoms with Gasteiger partial charge in [-0.05, 0) is 37.8 Å². The Bertz CT molecular complexity index is 658. The van der Waals surface area contributed by atoms with Crippen molar-refractivity contribution >= 4 is 17.8 Å². The van der Waals surface area contributed by atoms with E-state index in [1.165, 1.54) is 19.3 Å². The van der Waals surface area contributed by atoms with Crippen molar-refractivity contribution in [2.24, 2.45) is 5.92 Å². The maximum absolute atomic E-state index is 12.7. The highest BCUT2D eigenvalue weighted by Crippen LogP contribution is 2.27. The summed E-state index contributed by atoms with van der Waals surface area (Å²) in [5, 5.41) is 5.51. The van der Waals surface area contributed by atoms with Gasteiger partial charge in [-0.3, -0.25) is 19.5 Å². The maximum Gasteiger partial charge on any atom is 0.325 e. The van der Waals surface area contributed by atoms with Crippen molar-refractivity contribution in [1.82, 2.24) is 20.5 Å². The van der Waals surface area contributed by atoms with Crippen LogP contribution in [0, 0.1) is 5.92 Å². The fourth-order valence-electron chi connectivity index (χ4n) is 3.52. The minimum Gasteiger partial charge on any atom is -0.354 e. The van der Waals surface area contributed by atoms with Crippen LogP contribution in [0.2, 0.25) is 0 Å². The van der Waals surface area contributed by atoms with E-state index in [2.05, 4.69) is 15.6 Å². The van der Waals surface area contributed by atoms with E-state index in [4.69, 9.17) is 0 Å². The fraction of sp³-hybridized carbons (Fsp3) is 0.556. The quantitative estimate of drug-likeness (QED) is 0.793. The van der Waals surface area contributed by atoms with Gasteiger partial charge in [0, 0.05) is 12.7 Å². The number of pyridine rings is 1. The minimum absolute atomic E-state index is 0.264. The summed E-state index contributed by atoms with van der Waals surface area (Å²) >= 11 is 0. The molecule has 3 rings (SSSR count). The first-order valence-electron chi connectivity index (χ1n) is 8.83. The molecule has 1 saturated carbocycles. The number of aromatic nitrogens is 1. The first-order chi connectivity index (χ1) is 12.0. The Kier molecular flexibility index (Phi) is 5.01. The van der Waals surface area contributed by atoms with E-state index < -0.39 is 17.5 Å². The standard InChI is InChI=1S/C18H24N4O3/c1-18(14-9-5-6-10-19-14)16(24)22(17(25)21-18)12-15(23)20-11-13-7-3-2-4-8-13/h5-6,9-10,13H,2-4,7-8,11-12H2,1H3,(H,20,23)(H,21,25). The lowest BCUT2D eigenvalue weighted by Crippen LogP contribution is -2.44. The van der Waals surface area contributed by atoms with Crippen LogP contribution >= 0.6 is 0 Å². The number of carbonyl (C=O) groups is 3. The average molecular weight is 344 g/mol. The van der Waals surface area contributed by atoms with Crippen LogP contribution in [0.25, 0.3) is 0 Å². The van der Waals surface area contributed by atoms with Crippen molar-refractivity contribution in [3.63, 3.8) is 0 Å². The molecule has 1 saturated heterocycles. The molecule has 2 fully saturated rings. The predicted molar refractivity (Wildman–Crippen MR) is 91.4 cm³/mol. The molecule has 0 aromatic carbocycles. The SMILES string of the molecule is CC1(c2ccccn2)NC(=O)N(CC(=O)NCC2CCCCC2)C1=O. The Morgan fingerprint density at radius 2 is 2.08 bits per heavy atom. The summed E-state index contributed by atoms with van der Waals surface area (Å²) in [6, 6.07) is 4.62. The van der Waals surface area contributed by atoms with Crippen molar-refractivity contribution in [3.8, 4) is 0 Å². The molecule has 1 atom stereocenters. The molecular weight excluding hydrogens is 320 g/mol. The normalized spacial score (nSPS) is 24.3. The summed E-state index contributed by atoms with van der Waals surface area (Å²) in [6.45, 7) is 1.95. The molecule has 4 amide bonds. The molecule has 1 aromatic heterocycles. The molecule has 7 heteroatoms. The van der Waals surface area contributed by atoms with Gasteiger partial charge in [0.2, 0.25) is 5.91 Å². The Hall–Kier alpha value is -2.44. The third-order valence-electron chi connectivity index (χ3n) is 5.07. The van der Waals surface area contributed by atoms with Crippen molar-refractivity contribution in [2.45, 2.75) is 44.6 Å². The van der Waals surface area contributed by atoms with Gasteiger partial charge in [-0.15, -0.1) is 0 Å². The van der Waals surface area contributed by atoms with E-state index in [1.807, 2.05) is 0 Å². The summed E-state index contributed by atoms with van der Waals surface area (Å²) in [6.07, 6.45) is 7.49. The van der Waals surface area contributed by atoms with E-state index >= 15 is 0 Å². The minimum atomic E-state index is -1.23. The van der Waals surface area contributed by atoms with Gasteiger partial charge >= 0.3 is 6.03 Å². The highest BCUT2D eigenvalue weighted by Gasteiger charge is 2.50. The van der Waals surface area contributed by atoms with Crippen LogP contribution < -0.4 is 10.6 Å². The Morgan fingerprint density at radius 3 is 2.76 bits per heavy atom. The summed E-state index contributed by atoms with van der Waals surface area (Å²) in [7, 11) is 0. The van der Waals surface area contributed by atoms with Crippen LogP contribution in [-0.2, 0) is 15.1 Å². The second-order valence-corrected chi connectivity index (χ2v) is 6.97. The van der Waals surface area contributed by atoms with Gasteiger partial charge in [0.25, 0.3) is 5.91 Å². The number of carbonyl (C=O) groups excluding carboxylic acids is 3. The molecule has 1 aliphatic carbocycles. The number of imide groups is 1. The summed E-state index contributed by atoms with van der Waals surface area (Å²) in [5.41, 5.74) is -0.777. The highest BCUT2D eigenvalue weighted by molar-refractivity contribution is 6.08. The lowest BCUT2D eigenvalue weighted by molar-refractivity contribution is -0.135. The van der Waals surface area contributed by atoms with Gasteiger partial charge in [0.15, 0.2) is 5.54 Å². The molecule has 2 aliphatic rings. The molecule has 25 heavy (non-hydrogen) atoms. The molecule has 0 bridgehead atoms. The molecule has 134 valence electrons. The van der Waals surface area contributed by atoms with Crippen LogP contribution in [0.4, 0.5) is 4.79 Å². The number of urea groups is 1. The Morgan fingerprint density at radius 1 is 1.32 bits per heavy atom. The van der Waals surface area contributed by atoms with E-state index in [0.29, 0.717) is 18.2 Å². The van der Waals surface area contributed by atoms with E-state index in [-0.39, 0.29) is 12.5 Å². The lowest BCUT2D eigenvalue weighted by Gasteiger charge is -2.23. The molecule has 1 aromatic rings. The number of nitrogens with one attached hydrogen (secondary N) is 2. The zero-order valence-corrected chi connectivity index (χ0v) is 14.5. The number of nitrogens with zero attached hydrogens (tertiary/aromatic N) is 2. The average Bonchev–Trinajstić information content (AvgIpc) is 2.86. The smallest absolute Gasteiger partial charge is 0.325 e. The van der Waals surface area contributed by atoms with Crippen LogP contribution in [-0.4, -0.2) is 40.8 Å².